The van der Waals surface area contributed by atoms with Crippen molar-refractivity contribution < 1.29 is 0 Å². The second-order valence-electron chi connectivity index (χ2n) is 3.34. The number of aryl methyl sites for hydroxylation is 2. The first-order chi connectivity index (χ1) is 6.81. The normalized spacial score (nSPS) is 10.7. The highest BCUT2D eigenvalue weighted by Crippen LogP contribution is 2.15. The summed E-state index contributed by atoms with van der Waals surface area (Å²) in [5, 5.41) is 0. The Balaban J connectivity index is 3.07. The predicted molar refractivity (Wildman–Crippen MR) is 64.4 cm³/mol. The lowest BCUT2D eigenvalue weighted by Gasteiger charge is -2.05. The van der Waals surface area contributed by atoms with E-state index in [1.165, 1.54) is 16.7 Å². The molecule has 0 unspecified atom stereocenters. The van der Waals surface area contributed by atoms with Crippen molar-refractivity contribution >= 4 is 6.08 Å². The molecule has 0 bridgehead atoms. The van der Waals surface area contributed by atoms with Crippen LogP contribution in [0.2, 0.25) is 0 Å². The summed E-state index contributed by atoms with van der Waals surface area (Å²) in [6.45, 7) is 8.06. The van der Waals surface area contributed by atoms with E-state index in [0.717, 1.165) is 12.8 Å². The van der Waals surface area contributed by atoms with E-state index in [1.807, 2.05) is 12.2 Å². The fourth-order valence-corrected chi connectivity index (χ4v) is 1.51. The third kappa shape index (κ3) is 2.59. The lowest BCUT2D eigenvalue weighted by atomic mass is 10.0. The van der Waals surface area contributed by atoms with Crippen molar-refractivity contribution in [1.82, 2.24) is 0 Å². The maximum absolute atomic E-state index is 3.69. The van der Waals surface area contributed by atoms with Crippen LogP contribution in [0.25, 0.3) is 6.08 Å². The summed E-state index contributed by atoms with van der Waals surface area (Å²) in [6, 6.07) is 6.70. The van der Waals surface area contributed by atoms with Crippen LogP contribution in [0.3, 0.4) is 0 Å². The molecule has 0 fully saturated rings. The van der Waals surface area contributed by atoms with Gasteiger partial charge in [0.1, 0.15) is 0 Å². The summed E-state index contributed by atoms with van der Waals surface area (Å²) in [6.07, 6.45) is 8.12. The Morgan fingerprint density at radius 2 is 2.00 bits per heavy atom. The zero-order valence-electron chi connectivity index (χ0n) is 9.09. The highest BCUT2D eigenvalue weighted by atomic mass is 14.0. The predicted octanol–water partition coefficient (Wildman–Crippen LogP) is 4.01. The van der Waals surface area contributed by atoms with Crippen LogP contribution < -0.4 is 0 Å². The zero-order chi connectivity index (χ0) is 10.4. The number of rotatable bonds is 4. The molecule has 74 valence electrons. The molecule has 0 heteroatoms. The minimum atomic E-state index is 1.08. The van der Waals surface area contributed by atoms with Crippen LogP contribution in [-0.2, 0) is 12.8 Å². The highest BCUT2D eigenvalue weighted by Gasteiger charge is 1.97. The molecule has 1 aromatic rings. The van der Waals surface area contributed by atoms with E-state index in [9.17, 15) is 0 Å². The number of allylic oxidation sites excluding steroid dienone is 2. The van der Waals surface area contributed by atoms with Crippen LogP contribution in [0.1, 0.15) is 30.5 Å². The first-order valence-electron chi connectivity index (χ1n) is 5.22. The maximum Gasteiger partial charge on any atom is -0.0222 e. The van der Waals surface area contributed by atoms with Crippen LogP contribution in [0.4, 0.5) is 0 Å². The Bertz CT molecular complexity index is 332. The Kier molecular flexibility index (Phi) is 4.18. The average Bonchev–Trinajstić information content (AvgIpc) is 2.25. The van der Waals surface area contributed by atoms with E-state index < -0.39 is 0 Å². The summed E-state index contributed by atoms with van der Waals surface area (Å²) in [5.74, 6) is 0. The Morgan fingerprint density at radius 1 is 1.21 bits per heavy atom. The minimum Gasteiger partial charge on any atom is -0.0991 e. The summed E-state index contributed by atoms with van der Waals surface area (Å²) >= 11 is 0. The molecule has 0 radical (unpaired) electrons. The Hall–Kier alpha value is -1.30. The molecule has 14 heavy (non-hydrogen) atoms. The molecule has 0 amide bonds. The molecule has 0 nitrogen and oxygen atoms in total. The van der Waals surface area contributed by atoms with Crippen LogP contribution in [0.5, 0.6) is 0 Å². The average molecular weight is 186 g/mol. The van der Waals surface area contributed by atoms with Gasteiger partial charge in [0.2, 0.25) is 0 Å². The van der Waals surface area contributed by atoms with Crippen molar-refractivity contribution in [1.29, 1.82) is 0 Å². The molecule has 0 aliphatic rings. The van der Waals surface area contributed by atoms with E-state index in [0.29, 0.717) is 0 Å². The Morgan fingerprint density at radius 3 is 2.57 bits per heavy atom. The molecule has 1 rings (SSSR count). The molecule has 0 heterocycles. The third-order valence-corrected chi connectivity index (χ3v) is 2.41. The molecule has 0 aliphatic carbocycles. The van der Waals surface area contributed by atoms with Gasteiger partial charge < -0.3 is 0 Å². The second-order valence-corrected chi connectivity index (χ2v) is 3.34. The monoisotopic (exact) mass is 186 g/mol. The maximum atomic E-state index is 3.69. The van der Waals surface area contributed by atoms with E-state index in [-0.39, 0.29) is 0 Å². The van der Waals surface area contributed by atoms with Crippen LogP contribution in [0, 0.1) is 0 Å². The molecular formula is C14H18. The molecule has 1 aromatic carbocycles. The fraction of sp³-hybridized carbons (Fsp3) is 0.286. The van der Waals surface area contributed by atoms with E-state index in [4.69, 9.17) is 0 Å². The third-order valence-electron chi connectivity index (χ3n) is 2.41. The molecule has 0 atom stereocenters. The van der Waals surface area contributed by atoms with Crippen molar-refractivity contribution in [3.05, 3.63) is 53.6 Å². The van der Waals surface area contributed by atoms with Gasteiger partial charge in [-0.3, -0.25) is 0 Å². The van der Waals surface area contributed by atoms with Crippen molar-refractivity contribution in [2.75, 3.05) is 0 Å². The van der Waals surface area contributed by atoms with Gasteiger partial charge in [0, 0.05) is 0 Å². The summed E-state index contributed by atoms with van der Waals surface area (Å²) in [5.41, 5.74) is 4.12. The van der Waals surface area contributed by atoms with Gasteiger partial charge in [0.25, 0.3) is 0 Å². The second kappa shape index (κ2) is 5.43. The quantitative estimate of drug-likeness (QED) is 0.623. The summed E-state index contributed by atoms with van der Waals surface area (Å²) in [4.78, 5) is 0. The topological polar surface area (TPSA) is 0 Å². The molecule has 0 N–H and O–H groups in total. The molecule has 0 aromatic heterocycles. The van der Waals surface area contributed by atoms with Gasteiger partial charge in [-0.15, -0.1) is 0 Å². The van der Waals surface area contributed by atoms with E-state index in [1.54, 1.807) is 0 Å². The SMILES string of the molecule is C=C/C=C\c1cc(CC)ccc1CC. The van der Waals surface area contributed by atoms with Gasteiger partial charge >= 0.3 is 0 Å². The van der Waals surface area contributed by atoms with Crippen molar-refractivity contribution in [3.63, 3.8) is 0 Å². The first-order valence-corrected chi connectivity index (χ1v) is 5.22. The highest BCUT2D eigenvalue weighted by molar-refractivity contribution is 5.56. The van der Waals surface area contributed by atoms with Gasteiger partial charge in [0.15, 0.2) is 0 Å². The fourth-order valence-electron chi connectivity index (χ4n) is 1.51. The van der Waals surface area contributed by atoms with Gasteiger partial charge in [-0.05, 0) is 29.5 Å². The van der Waals surface area contributed by atoms with Crippen LogP contribution >= 0.6 is 0 Å². The molecule has 0 spiro atoms. The molecule has 0 saturated heterocycles. The Labute approximate surface area is 87.0 Å². The van der Waals surface area contributed by atoms with Crippen molar-refractivity contribution in [2.45, 2.75) is 26.7 Å². The smallest absolute Gasteiger partial charge is 0.0222 e. The number of hydrogen-bond donors (Lipinski definition) is 0. The molecule has 0 saturated carbocycles. The van der Waals surface area contributed by atoms with Crippen LogP contribution in [0.15, 0.2) is 36.9 Å². The largest absolute Gasteiger partial charge is 0.0991 e. The number of benzene rings is 1. The van der Waals surface area contributed by atoms with Gasteiger partial charge in [-0.25, -0.2) is 0 Å². The van der Waals surface area contributed by atoms with E-state index >= 15 is 0 Å². The van der Waals surface area contributed by atoms with Crippen LogP contribution in [-0.4, -0.2) is 0 Å². The summed E-state index contributed by atoms with van der Waals surface area (Å²) in [7, 11) is 0. The standard InChI is InChI=1S/C14H18/c1-4-7-8-14-11-12(5-2)9-10-13(14)6-3/h4,7-11H,1,5-6H2,2-3H3/b8-7-. The van der Waals surface area contributed by atoms with E-state index in [2.05, 4.69) is 44.7 Å². The minimum absolute atomic E-state index is 1.08. The van der Waals surface area contributed by atoms with Crippen molar-refractivity contribution in [3.8, 4) is 0 Å². The zero-order valence-corrected chi connectivity index (χ0v) is 9.09. The lowest BCUT2D eigenvalue weighted by Crippen LogP contribution is -1.89. The lowest BCUT2D eigenvalue weighted by molar-refractivity contribution is 1.09. The van der Waals surface area contributed by atoms with Gasteiger partial charge in [-0.1, -0.05) is 56.9 Å². The first kappa shape index (κ1) is 10.8. The van der Waals surface area contributed by atoms with Gasteiger partial charge in [-0.2, -0.15) is 0 Å². The number of hydrogen-bond acceptors (Lipinski definition) is 0. The molecular weight excluding hydrogens is 168 g/mol. The van der Waals surface area contributed by atoms with Gasteiger partial charge in [0.05, 0.1) is 0 Å². The van der Waals surface area contributed by atoms with Crippen molar-refractivity contribution in [2.24, 2.45) is 0 Å². The molecule has 0 aliphatic heterocycles. The summed E-state index contributed by atoms with van der Waals surface area (Å²) < 4.78 is 0.